The van der Waals surface area contributed by atoms with Gasteiger partial charge < -0.3 is 4.42 Å². The first-order valence-electron chi connectivity index (χ1n) is 3.35. The van der Waals surface area contributed by atoms with Gasteiger partial charge in [-0.25, -0.2) is 4.98 Å². The maximum absolute atomic E-state index is 10.3. The smallest absolute Gasteiger partial charge is 0.237 e. The molecule has 0 aliphatic rings. The van der Waals surface area contributed by atoms with Crippen molar-refractivity contribution in [2.45, 2.75) is 0 Å². The molecule has 0 amide bonds. The molecule has 2 rings (SSSR count). The van der Waals surface area contributed by atoms with Crippen molar-refractivity contribution in [3.63, 3.8) is 0 Å². The summed E-state index contributed by atoms with van der Waals surface area (Å²) in [6, 6.07) is 3.80. The Morgan fingerprint density at radius 3 is 3.08 bits per heavy atom. The van der Waals surface area contributed by atoms with E-state index in [2.05, 4.69) is 4.98 Å². The molecular formula is C8H5NO2S. The van der Waals surface area contributed by atoms with Gasteiger partial charge in [-0.1, -0.05) is 6.07 Å². The molecule has 2 aromatic heterocycles. The topological polar surface area (TPSA) is 43.1 Å². The Hall–Kier alpha value is -1.42. The third-order valence-corrected chi connectivity index (χ3v) is 2.23. The van der Waals surface area contributed by atoms with Gasteiger partial charge in [0.2, 0.25) is 5.89 Å². The second-order valence-corrected chi connectivity index (χ2v) is 3.11. The van der Waals surface area contributed by atoms with Crippen LogP contribution in [0.4, 0.5) is 0 Å². The Kier molecular flexibility index (Phi) is 1.75. The number of carbonyl (C=O) groups excluding carboxylic acids is 1. The molecule has 0 fully saturated rings. The lowest BCUT2D eigenvalue weighted by Gasteiger charge is -1.84. The summed E-state index contributed by atoms with van der Waals surface area (Å²) in [6.45, 7) is 0. The first-order chi connectivity index (χ1) is 5.90. The highest BCUT2D eigenvalue weighted by molar-refractivity contribution is 7.13. The van der Waals surface area contributed by atoms with Crippen molar-refractivity contribution in [3.8, 4) is 10.8 Å². The van der Waals surface area contributed by atoms with Crippen LogP contribution in [0.1, 0.15) is 10.6 Å². The molecule has 0 aromatic carbocycles. The highest BCUT2D eigenvalue weighted by atomic mass is 32.1. The summed E-state index contributed by atoms with van der Waals surface area (Å²) >= 11 is 1.53. The summed E-state index contributed by atoms with van der Waals surface area (Å²) in [5.74, 6) is 0.769. The fourth-order valence-electron chi connectivity index (χ4n) is 0.855. The number of aromatic nitrogens is 1. The summed E-state index contributed by atoms with van der Waals surface area (Å²) in [6.07, 6.45) is 2.06. The number of nitrogens with zero attached hydrogens (tertiary/aromatic N) is 1. The Bertz CT molecular complexity index is 377. The van der Waals surface area contributed by atoms with E-state index >= 15 is 0 Å². The summed E-state index contributed by atoms with van der Waals surface area (Å²) in [4.78, 5) is 15.1. The molecule has 0 aliphatic carbocycles. The van der Waals surface area contributed by atoms with Crippen LogP contribution in [0.2, 0.25) is 0 Å². The zero-order chi connectivity index (χ0) is 8.39. The van der Waals surface area contributed by atoms with E-state index in [0.717, 1.165) is 4.88 Å². The molecular weight excluding hydrogens is 174 g/mol. The zero-order valence-corrected chi connectivity index (χ0v) is 6.88. The first kappa shape index (κ1) is 7.24. The van der Waals surface area contributed by atoms with Crippen LogP contribution in [-0.2, 0) is 0 Å². The summed E-state index contributed by atoms with van der Waals surface area (Å²) in [7, 11) is 0. The van der Waals surface area contributed by atoms with Crippen molar-refractivity contribution < 1.29 is 9.21 Å². The van der Waals surface area contributed by atoms with Crippen LogP contribution in [0.25, 0.3) is 10.8 Å². The number of aldehydes is 1. The maximum Gasteiger partial charge on any atom is 0.237 e. The Morgan fingerprint density at radius 1 is 1.58 bits per heavy atom. The Balaban J connectivity index is 2.41. The molecule has 0 bridgehead atoms. The normalized spacial score (nSPS) is 10.0. The first-order valence-corrected chi connectivity index (χ1v) is 4.23. The van der Waals surface area contributed by atoms with Crippen molar-refractivity contribution in [1.29, 1.82) is 0 Å². The lowest BCUT2D eigenvalue weighted by atomic mass is 10.5. The van der Waals surface area contributed by atoms with E-state index in [-0.39, 0.29) is 5.76 Å². The number of oxazole rings is 1. The summed E-state index contributed by atoms with van der Waals surface area (Å²) < 4.78 is 5.11. The number of hydrogen-bond acceptors (Lipinski definition) is 4. The molecule has 0 unspecified atom stereocenters. The van der Waals surface area contributed by atoms with Gasteiger partial charge in [-0.2, -0.15) is 0 Å². The molecule has 0 saturated carbocycles. The molecule has 3 nitrogen and oxygen atoms in total. The molecule has 0 atom stereocenters. The third kappa shape index (κ3) is 1.16. The molecule has 2 aromatic rings. The minimum Gasteiger partial charge on any atom is -0.433 e. The lowest BCUT2D eigenvalue weighted by Crippen LogP contribution is -1.67. The molecule has 0 radical (unpaired) electrons. The van der Waals surface area contributed by atoms with E-state index in [4.69, 9.17) is 4.42 Å². The second kappa shape index (κ2) is 2.91. The van der Waals surface area contributed by atoms with E-state index in [1.165, 1.54) is 17.5 Å². The molecule has 12 heavy (non-hydrogen) atoms. The molecule has 4 heteroatoms. The fourth-order valence-corrected chi connectivity index (χ4v) is 1.51. The van der Waals surface area contributed by atoms with E-state index in [0.29, 0.717) is 12.2 Å². The number of carbonyl (C=O) groups is 1. The van der Waals surface area contributed by atoms with Gasteiger partial charge in [-0.15, -0.1) is 11.3 Å². The number of thiophene rings is 1. The third-order valence-electron chi connectivity index (χ3n) is 1.37. The van der Waals surface area contributed by atoms with E-state index in [1.54, 1.807) is 0 Å². The Labute approximate surface area is 72.7 Å². The largest absolute Gasteiger partial charge is 0.433 e. The predicted octanol–water partition coefficient (Wildman–Crippen LogP) is 2.22. The Morgan fingerprint density at radius 2 is 2.50 bits per heavy atom. The van der Waals surface area contributed by atoms with Crippen molar-refractivity contribution >= 4 is 17.6 Å². The molecule has 0 spiro atoms. The highest BCUT2D eigenvalue weighted by Gasteiger charge is 2.05. The van der Waals surface area contributed by atoms with E-state index in [9.17, 15) is 4.79 Å². The van der Waals surface area contributed by atoms with Gasteiger partial charge in [-0.05, 0) is 11.4 Å². The van der Waals surface area contributed by atoms with Crippen LogP contribution in [-0.4, -0.2) is 11.3 Å². The van der Waals surface area contributed by atoms with Crippen LogP contribution in [0.15, 0.2) is 28.1 Å². The van der Waals surface area contributed by atoms with Gasteiger partial charge >= 0.3 is 0 Å². The van der Waals surface area contributed by atoms with Crippen molar-refractivity contribution in [2.75, 3.05) is 0 Å². The minimum atomic E-state index is 0.262. The predicted molar refractivity (Wildman–Crippen MR) is 45.2 cm³/mol. The number of rotatable bonds is 2. The van der Waals surface area contributed by atoms with Crippen LogP contribution in [0.5, 0.6) is 0 Å². The van der Waals surface area contributed by atoms with E-state index < -0.39 is 0 Å². The summed E-state index contributed by atoms with van der Waals surface area (Å²) in [5, 5.41) is 1.93. The van der Waals surface area contributed by atoms with Gasteiger partial charge in [0.15, 0.2) is 12.0 Å². The van der Waals surface area contributed by atoms with Crippen LogP contribution in [0, 0.1) is 0 Å². The molecule has 2 heterocycles. The zero-order valence-electron chi connectivity index (χ0n) is 6.06. The van der Waals surface area contributed by atoms with Gasteiger partial charge in [0.05, 0.1) is 11.1 Å². The van der Waals surface area contributed by atoms with Crippen molar-refractivity contribution in [3.05, 3.63) is 29.5 Å². The average molecular weight is 179 g/mol. The van der Waals surface area contributed by atoms with Gasteiger partial charge in [0.25, 0.3) is 0 Å². The van der Waals surface area contributed by atoms with E-state index in [1.807, 2.05) is 17.5 Å². The standard InChI is InChI=1S/C8H5NO2S/c10-5-6-4-9-8(11-6)7-2-1-3-12-7/h1-5H. The minimum absolute atomic E-state index is 0.262. The maximum atomic E-state index is 10.3. The van der Waals surface area contributed by atoms with Crippen LogP contribution >= 0.6 is 11.3 Å². The lowest BCUT2D eigenvalue weighted by molar-refractivity contribution is 0.110. The molecule has 0 aliphatic heterocycles. The van der Waals surface area contributed by atoms with Gasteiger partial charge in [-0.3, -0.25) is 4.79 Å². The molecule has 60 valence electrons. The average Bonchev–Trinajstić information content (AvgIpc) is 2.75. The van der Waals surface area contributed by atoms with Crippen molar-refractivity contribution in [2.24, 2.45) is 0 Å². The van der Waals surface area contributed by atoms with Gasteiger partial charge in [0.1, 0.15) is 0 Å². The van der Waals surface area contributed by atoms with Gasteiger partial charge in [0, 0.05) is 0 Å². The SMILES string of the molecule is O=Cc1cnc(-c2cccs2)o1. The molecule has 0 saturated heterocycles. The fraction of sp³-hybridized carbons (Fsp3) is 0. The summed E-state index contributed by atoms with van der Waals surface area (Å²) in [5.41, 5.74) is 0. The number of hydrogen-bond donors (Lipinski definition) is 0. The van der Waals surface area contributed by atoms with Crippen molar-refractivity contribution in [1.82, 2.24) is 4.98 Å². The van der Waals surface area contributed by atoms with Crippen LogP contribution in [0.3, 0.4) is 0 Å². The molecule has 0 N–H and O–H groups in total. The highest BCUT2D eigenvalue weighted by Crippen LogP contribution is 2.23. The second-order valence-electron chi connectivity index (χ2n) is 2.16. The quantitative estimate of drug-likeness (QED) is 0.664. The monoisotopic (exact) mass is 179 g/mol. The van der Waals surface area contributed by atoms with Crippen LogP contribution < -0.4 is 0 Å².